The number of furan rings is 1. The Morgan fingerprint density at radius 1 is 1.24 bits per heavy atom. The fourth-order valence-corrected chi connectivity index (χ4v) is 1.86. The van der Waals surface area contributed by atoms with Gasteiger partial charge in [0.15, 0.2) is 0 Å². The molecule has 0 unspecified atom stereocenters. The van der Waals surface area contributed by atoms with Crippen LogP contribution in [0.15, 0.2) is 41.0 Å². The minimum absolute atomic E-state index is 0. The molecule has 3 N–H and O–H groups in total. The smallest absolute Gasteiger partial charge is 0.258 e. The molecule has 2 rings (SSSR count). The number of benzene rings is 1. The maximum Gasteiger partial charge on any atom is 0.258 e. The highest BCUT2D eigenvalue weighted by Crippen LogP contribution is 2.23. The highest BCUT2D eigenvalue weighted by Gasteiger charge is 2.14. The molecule has 0 bridgehead atoms. The van der Waals surface area contributed by atoms with Crippen LogP contribution < -0.4 is 11.1 Å². The van der Waals surface area contributed by atoms with Gasteiger partial charge in [0, 0.05) is 5.69 Å². The molecular formula is C16H21ClN2O2. The van der Waals surface area contributed by atoms with Crippen LogP contribution in [0.5, 0.6) is 0 Å². The second kappa shape index (κ2) is 6.78. The number of carbonyl (C=O) groups is 1. The standard InChI is InChI=1S/C16H20N2O2.ClH/c1-16(2,3)12-4-6-13(7-5-12)18-15(19)11-8-14(9-17)20-10-11;/h4-8,10H,9,17H2,1-3H3,(H,18,19);1H. The van der Waals surface area contributed by atoms with E-state index in [0.29, 0.717) is 11.3 Å². The van der Waals surface area contributed by atoms with Gasteiger partial charge in [-0.1, -0.05) is 32.9 Å². The Morgan fingerprint density at radius 2 is 1.86 bits per heavy atom. The van der Waals surface area contributed by atoms with Gasteiger partial charge in [0.1, 0.15) is 12.0 Å². The molecule has 4 nitrogen and oxygen atoms in total. The van der Waals surface area contributed by atoms with E-state index in [1.54, 1.807) is 6.07 Å². The van der Waals surface area contributed by atoms with Crippen molar-refractivity contribution >= 4 is 24.0 Å². The van der Waals surface area contributed by atoms with Crippen molar-refractivity contribution in [1.82, 2.24) is 0 Å². The molecule has 1 heterocycles. The lowest BCUT2D eigenvalue weighted by molar-refractivity contribution is 0.102. The van der Waals surface area contributed by atoms with Gasteiger partial charge in [0.05, 0.1) is 12.1 Å². The number of anilines is 1. The fraction of sp³-hybridized carbons (Fsp3) is 0.312. The van der Waals surface area contributed by atoms with Crippen LogP contribution in [0, 0.1) is 0 Å². The van der Waals surface area contributed by atoms with Crippen LogP contribution >= 0.6 is 12.4 Å². The van der Waals surface area contributed by atoms with Gasteiger partial charge in [0.25, 0.3) is 5.91 Å². The largest absolute Gasteiger partial charge is 0.467 e. The van der Waals surface area contributed by atoms with Crippen LogP contribution in [0.2, 0.25) is 0 Å². The molecule has 0 atom stereocenters. The summed E-state index contributed by atoms with van der Waals surface area (Å²) in [6, 6.07) is 9.51. The van der Waals surface area contributed by atoms with E-state index >= 15 is 0 Å². The summed E-state index contributed by atoms with van der Waals surface area (Å²) in [5, 5.41) is 2.83. The summed E-state index contributed by atoms with van der Waals surface area (Å²) in [5.41, 5.74) is 8.01. The Labute approximate surface area is 131 Å². The number of rotatable bonds is 3. The molecule has 0 spiro atoms. The molecule has 0 fully saturated rings. The molecule has 1 aromatic carbocycles. The predicted molar refractivity (Wildman–Crippen MR) is 86.9 cm³/mol. The molecule has 0 aliphatic heterocycles. The molecule has 2 aromatic rings. The molecule has 0 aliphatic carbocycles. The molecule has 21 heavy (non-hydrogen) atoms. The van der Waals surface area contributed by atoms with Gasteiger partial charge in [-0.2, -0.15) is 0 Å². The summed E-state index contributed by atoms with van der Waals surface area (Å²) in [6.45, 7) is 6.74. The Morgan fingerprint density at radius 3 is 2.33 bits per heavy atom. The monoisotopic (exact) mass is 308 g/mol. The molecule has 5 heteroatoms. The van der Waals surface area contributed by atoms with Crippen molar-refractivity contribution in [2.75, 3.05) is 5.32 Å². The summed E-state index contributed by atoms with van der Waals surface area (Å²) in [6.07, 6.45) is 1.42. The molecule has 1 amide bonds. The highest BCUT2D eigenvalue weighted by atomic mass is 35.5. The van der Waals surface area contributed by atoms with E-state index in [0.717, 1.165) is 5.69 Å². The van der Waals surface area contributed by atoms with Gasteiger partial charge in [0.2, 0.25) is 0 Å². The first-order valence-corrected chi connectivity index (χ1v) is 6.59. The lowest BCUT2D eigenvalue weighted by Crippen LogP contribution is -2.13. The highest BCUT2D eigenvalue weighted by molar-refractivity contribution is 6.04. The van der Waals surface area contributed by atoms with Gasteiger partial charge in [-0.15, -0.1) is 12.4 Å². The summed E-state index contributed by atoms with van der Waals surface area (Å²) in [5.74, 6) is 0.398. The maximum absolute atomic E-state index is 12.0. The summed E-state index contributed by atoms with van der Waals surface area (Å²) in [4.78, 5) is 12.0. The van der Waals surface area contributed by atoms with Crippen LogP contribution in [0.1, 0.15) is 42.5 Å². The quantitative estimate of drug-likeness (QED) is 0.908. The van der Waals surface area contributed by atoms with E-state index < -0.39 is 0 Å². The normalized spacial score (nSPS) is 10.9. The van der Waals surface area contributed by atoms with Gasteiger partial charge in [-0.3, -0.25) is 4.79 Å². The van der Waals surface area contributed by atoms with Crippen LogP contribution in [-0.4, -0.2) is 5.91 Å². The molecule has 0 saturated carbocycles. The van der Waals surface area contributed by atoms with Crippen LogP contribution in [0.3, 0.4) is 0 Å². The van der Waals surface area contributed by atoms with Crippen molar-refractivity contribution in [2.45, 2.75) is 32.7 Å². The molecule has 0 saturated heterocycles. The minimum Gasteiger partial charge on any atom is -0.467 e. The zero-order valence-corrected chi connectivity index (χ0v) is 13.3. The van der Waals surface area contributed by atoms with E-state index in [1.807, 2.05) is 24.3 Å². The number of nitrogens with two attached hydrogens (primary N) is 1. The first-order valence-electron chi connectivity index (χ1n) is 6.59. The third kappa shape index (κ3) is 4.34. The maximum atomic E-state index is 12.0. The first kappa shape index (κ1) is 17.3. The third-order valence-electron chi connectivity index (χ3n) is 3.13. The Bertz CT molecular complexity index is 597. The number of carbonyl (C=O) groups excluding carboxylic acids is 1. The number of nitrogens with one attached hydrogen (secondary N) is 1. The lowest BCUT2D eigenvalue weighted by atomic mass is 9.87. The average Bonchev–Trinajstić information content (AvgIpc) is 2.87. The van der Waals surface area contributed by atoms with Crippen molar-refractivity contribution in [3.8, 4) is 0 Å². The van der Waals surface area contributed by atoms with Gasteiger partial charge in [-0.25, -0.2) is 0 Å². The predicted octanol–water partition coefficient (Wildman–Crippen LogP) is 3.71. The Hall–Kier alpha value is -1.78. The van der Waals surface area contributed by atoms with Crippen LogP contribution in [-0.2, 0) is 12.0 Å². The molecule has 0 radical (unpaired) electrons. The SMILES string of the molecule is CC(C)(C)c1ccc(NC(=O)c2coc(CN)c2)cc1.Cl. The van der Waals surface area contributed by atoms with Gasteiger partial charge >= 0.3 is 0 Å². The van der Waals surface area contributed by atoms with Crippen molar-refractivity contribution in [2.24, 2.45) is 5.73 Å². The fourth-order valence-electron chi connectivity index (χ4n) is 1.86. The van der Waals surface area contributed by atoms with E-state index in [9.17, 15) is 4.79 Å². The van der Waals surface area contributed by atoms with Crippen molar-refractivity contribution in [3.05, 3.63) is 53.5 Å². The van der Waals surface area contributed by atoms with E-state index in [1.165, 1.54) is 11.8 Å². The van der Waals surface area contributed by atoms with E-state index in [4.69, 9.17) is 10.2 Å². The Balaban J connectivity index is 0.00000220. The zero-order chi connectivity index (χ0) is 14.8. The molecule has 114 valence electrons. The molecule has 0 aliphatic rings. The summed E-state index contributed by atoms with van der Waals surface area (Å²) in [7, 11) is 0. The number of amides is 1. The summed E-state index contributed by atoms with van der Waals surface area (Å²) >= 11 is 0. The van der Waals surface area contributed by atoms with Gasteiger partial charge < -0.3 is 15.5 Å². The number of halogens is 1. The first-order chi connectivity index (χ1) is 9.40. The number of hydrogen-bond acceptors (Lipinski definition) is 3. The second-order valence-electron chi connectivity index (χ2n) is 5.79. The minimum atomic E-state index is -0.197. The molecule has 1 aromatic heterocycles. The van der Waals surface area contributed by atoms with Crippen molar-refractivity contribution in [1.29, 1.82) is 0 Å². The topological polar surface area (TPSA) is 68.3 Å². The van der Waals surface area contributed by atoms with Crippen molar-refractivity contribution < 1.29 is 9.21 Å². The van der Waals surface area contributed by atoms with Crippen LogP contribution in [0.4, 0.5) is 5.69 Å². The van der Waals surface area contributed by atoms with Crippen molar-refractivity contribution in [3.63, 3.8) is 0 Å². The summed E-state index contributed by atoms with van der Waals surface area (Å²) < 4.78 is 5.15. The average molecular weight is 309 g/mol. The second-order valence-corrected chi connectivity index (χ2v) is 5.79. The van der Waals surface area contributed by atoms with E-state index in [-0.39, 0.29) is 30.3 Å². The molecular weight excluding hydrogens is 288 g/mol. The lowest BCUT2D eigenvalue weighted by Gasteiger charge is -2.19. The van der Waals surface area contributed by atoms with E-state index in [2.05, 4.69) is 26.1 Å². The third-order valence-corrected chi connectivity index (χ3v) is 3.13. The Kier molecular flexibility index (Phi) is 5.58. The van der Waals surface area contributed by atoms with Crippen LogP contribution in [0.25, 0.3) is 0 Å². The number of hydrogen-bond donors (Lipinski definition) is 2. The zero-order valence-electron chi connectivity index (χ0n) is 12.5. The van der Waals surface area contributed by atoms with Gasteiger partial charge in [-0.05, 0) is 29.2 Å².